The smallest absolute Gasteiger partial charge is 0.195 e. The standard InChI is InChI=1S/C37H33N4OS2/c38-20-24-6-5-11-35-36(24)26(22-40-35)19-28(44)13-16-41(15-12-27(43)18-25-21-39-34-10-4-3-7-29(25)34)17-14-31-30-8-1-2-9-32(30)37(42)33(31)23-41/h1-11,21-22,39-40H,12-19,23H2/q+1. The van der Waals surface area contributed by atoms with Gasteiger partial charge >= 0.3 is 0 Å². The zero-order chi connectivity index (χ0) is 30.3. The summed E-state index contributed by atoms with van der Waals surface area (Å²) in [5.41, 5.74) is 9.23. The van der Waals surface area contributed by atoms with Gasteiger partial charge in [-0.15, -0.1) is 0 Å². The topological polar surface area (TPSA) is 72.4 Å². The second-order valence-electron chi connectivity index (χ2n) is 12.2. The Balaban J connectivity index is 1.10. The maximum Gasteiger partial charge on any atom is 0.195 e. The van der Waals surface area contributed by atoms with E-state index in [9.17, 15) is 10.1 Å². The average Bonchev–Trinajstić information content (AvgIpc) is 3.74. The van der Waals surface area contributed by atoms with Crippen molar-refractivity contribution in [2.45, 2.75) is 32.1 Å². The number of aromatic amines is 2. The molecule has 0 amide bonds. The van der Waals surface area contributed by atoms with Crippen LogP contribution in [0.25, 0.3) is 27.4 Å². The highest BCUT2D eigenvalue weighted by molar-refractivity contribution is 7.80. The van der Waals surface area contributed by atoms with Gasteiger partial charge in [0.1, 0.15) is 6.54 Å². The first kappa shape index (κ1) is 28.5. The Morgan fingerprint density at radius 3 is 2.25 bits per heavy atom. The SMILES string of the molecule is N#Cc1cccc2[nH]cc(CC(=S)CC[N+]3(CCC(=S)Cc4c[nH]c5ccccc45)CCC4=C(C3)C(=O)c3ccccc34)c12. The van der Waals surface area contributed by atoms with E-state index in [-0.39, 0.29) is 5.78 Å². The Morgan fingerprint density at radius 1 is 0.795 bits per heavy atom. The van der Waals surface area contributed by atoms with Crippen molar-refractivity contribution in [3.05, 3.63) is 113 Å². The first-order valence-electron chi connectivity index (χ1n) is 15.2. The molecule has 2 aromatic heterocycles. The van der Waals surface area contributed by atoms with E-state index in [4.69, 9.17) is 24.4 Å². The predicted molar refractivity (Wildman–Crippen MR) is 185 cm³/mol. The first-order valence-corrected chi connectivity index (χ1v) is 16.0. The molecule has 0 spiro atoms. The molecule has 2 N–H and O–H groups in total. The van der Waals surface area contributed by atoms with Crippen LogP contribution >= 0.6 is 24.4 Å². The van der Waals surface area contributed by atoms with Crippen LogP contribution in [0.15, 0.2) is 84.7 Å². The number of quaternary nitrogens is 1. The van der Waals surface area contributed by atoms with E-state index in [1.807, 2.05) is 48.7 Å². The van der Waals surface area contributed by atoms with Gasteiger partial charge in [-0.2, -0.15) is 5.26 Å². The van der Waals surface area contributed by atoms with E-state index in [0.29, 0.717) is 18.5 Å². The number of H-pyrrole nitrogens is 2. The number of carbonyl (C=O) groups excluding carboxylic acids is 1. The highest BCUT2D eigenvalue weighted by Gasteiger charge is 2.41. The fourth-order valence-electron chi connectivity index (χ4n) is 7.21. The van der Waals surface area contributed by atoms with Crippen LogP contribution in [0.2, 0.25) is 0 Å². The number of rotatable bonds is 10. The number of Topliss-reactive ketones (excluding diaryl/α,β-unsaturated/α-hetero) is 1. The van der Waals surface area contributed by atoms with Gasteiger partial charge in [0.15, 0.2) is 5.78 Å². The molecule has 44 heavy (non-hydrogen) atoms. The van der Waals surface area contributed by atoms with Gasteiger partial charge in [-0.3, -0.25) is 4.79 Å². The quantitative estimate of drug-likeness (QED) is 0.125. The molecule has 1 atom stereocenters. The number of hydrogen-bond donors (Lipinski definition) is 2. The van der Waals surface area contributed by atoms with E-state index < -0.39 is 0 Å². The third-order valence-electron chi connectivity index (χ3n) is 9.55. The third kappa shape index (κ3) is 5.24. The fourth-order valence-corrected chi connectivity index (χ4v) is 7.70. The normalized spacial score (nSPS) is 17.6. The van der Waals surface area contributed by atoms with Gasteiger partial charge in [-0.25, -0.2) is 0 Å². The number of thiocarbonyl (C=S) groups is 2. The molecule has 3 heterocycles. The van der Waals surface area contributed by atoms with Crippen LogP contribution in [0, 0.1) is 11.3 Å². The molecular formula is C37H33N4OS2+. The molecule has 0 saturated carbocycles. The van der Waals surface area contributed by atoms with Crippen molar-refractivity contribution in [3.8, 4) is 6.07 Å². The van der Waals surface area contributed by atoms with E-state index in [2.05, 4.69) is 46.5 Å². The van der Waals surface area contributed by atoms with E-state index in [1.165, 1.54) is 16.5 Å². The highest BCUT2D eigenvalue weighted by Crippen LogP contribution is 2.40. The maximum atomic E-state index is 13.6. The van der Waals surface area contributed by atoms with Gasteiger partial charge in [0.05, 0.1) is 36.8 Å². The summed E-state index contributed by atoms with van der Waals surface area (Å²) in [4.78, 5) is 22.3. The Labute approximate surface area is 267 Å². The number of hydrogen-bond acceptors (Lipinski definition) is 4. The van der Waals surface area contributed by atoms with Gasteiger partial charge in [0, 0.05) is 81.6 Å². The van der Waals surface area contributed by atoms with E-state index >= 15 is 0 Å². The lowest BCUT2D eigenvalue weighted by atomic mass is 9.95. The molecule has 7 heteroatoms. The molecule has 0 saturated heterocycles. The fraction of sp³-hybridized carbons (Fsp3) is 0.243. The minimum absolute atomic E-state index is 0.185. The first-order chi connectivity index (χ1) is 21.4. The molecule has 218 valence electrons. The molecule has 7 rings (SSSR count). The van der Waals surface area contributed by atoms with Gasteiger partial charge < -0.3 is 14.5 Å². The summed E-state index contributed by atoms with van der Waals surface area (Å²) in [6.45, 7) is 3.43. The van der Waals surface area contributed by atoms with E-state index in [1.54, 1.807) is 0 Å². The van der Waals surface area contributed by atoms with Crippen LogP contribution in [0.3, 0.4) is 0 Å². The van der Waals surface area contributed by atoms with Crippen LogP contribution in [-0.2, 0) is 12.8 Å². The van der Waals surface area contributed by atoms with Crippen molar-refractivity contribution in [2.24, 2.45) is 0 Å². The van der Waals surface area contributed by atoms with Crippen molar-refractivity contribution in [2.75, 3.05) is 26.2 Å². The van der Waals surface area contributed by atoms with Crippen molar-refractivity contribution in [1.82, 2.24) is 9.97 Å². The van der Waals surface area contributed by atoms with Crippen LogP contribution in [0.5, 0.6) is 0 Å². The second kappa shape index (κ2) is 11.7. The number of carbonyl (C=O) groups is 1. The number of para-hydroxylation sites is 1. The number of nitriles is 1. The van der Waals surface area contributed by atoms with E-state index in [0.717, 1.165) is 98.2 Å². The number of ketones is 1. The number of nitrogens with one attached hydrogen (secondary N) is 2. The number of aromatic nitrogens is 2. The summed E-state index contributed by atoms with van der Waals surface area (Å²) in [5, 5.41) is 11.9. The lowest BCUT2D eigenvalue weighted by Gasteiger charge is -2.42. The third-order valence-corrected chi connectivity index (χ3v) is 10.2. The molecule has 1 unspecified atom stereocenters. The summed E-state index contributed by atoms with van der Waals surface area (Å²) in [6, 6.07) is 24.5. The summed E-state index contributed by atoms with van der Waals surface area (Å²) in [6.07, 6.45) is 7.94. The molecule has 3 aromatic carbocycles. The van der Waals surface area contributed by atoms with Crippen molar-refractivity contribution in [1.29, 1.82) is 5.26 Å². The number of nitrogens with zero attached hydrogens (tertiary/aromatic N) is 2. The van der Waals surface area contributed by atoms with Crippen molar-refractivity contribution < 1.29 is 9.28 Å². The Bertz CT molecular complexity index is 2040. The molecule has 0 radical (unpaired) electrons. The summed E-state index contributed by atoms with van der Waals surface area (Å²) < 4.78 is 0.810. The van der Waals surface area contributed by atoms with Gasteiger partial charge in [-0.05, 0) is 40.5 Å². The van der Waals surface area contributed by atoms with Crippen LogP contribution < -0.4 is 0 Å². The molecule has 1 aliphatic carbocycles. The Hall–Kier alpha value is -4.22. The van der Waals surface area contributed by atoms with Crippen LogP contribution in [0.4, 0.5) is 0 Å². The largest absolute Gasteiger partial charge is 0.361 e. The number of fused-ring (bicyclic) bond motifs is 4. The van der Waals surface area contributed by atoms with Gasteiger partial charge in [-0.1, -0.05) is 73.0 Å². The number of benzene rings is 3. The lowest BCUT2D eigenvalue weighted by molar-refractivity contribution is -0.923. The average molecular weight is 614 g/mol. The van der Waals surface area contributed by atoms with Crippen molar-refractivity contribution >= 4 is 67.3 Å². The molecule has 2 aliphatic rings. The molecule has 5 nitrogen and oxygen atoms in total. The maximum absolute atomic E-state index is 13.6. The summed E-state index contributed by atoms with van der Waals surface area (Å²) >= 11 is 12.0. The minimum atomic E-state index is 0.185. The molecule has 0 fully saturated rings. The molecular weight excluding hydrogens is 581 g/mol. The van der Waals surface area contributed by atoms with Gasteiger partial charge in [0.2, 0.25) is 0 Å². The van der Waals surface area contributed by atoms with Crippen molar-refractivity contribution in [3.63, 3.8) is 0 Å². The monoisotopic (exact) mass is 613 g/mol. The van der Waals surface area contributed by atoms with Gasteiger partial charge in [0.25, 0.3) is 0 Å². The van der Waals surface area contributed by atoms with Crippen LogP contribution in [0.1, 0.15) is 51.9 Å². The Kier molecular flexibility index (Phi) is 7.59. The lowest BCUT2D eigenvalue weighted by Crippen LogP contribution is -2.54. The van der Waals surface area contributed by atoms with Crippen LogP contribution in [-0.4, -0.2) is 56.1 Å². The Morgan fingerprint density at radius 2 is 1.45 bits per heavy atom. The molecule has 1 aliphatic heterocycles. The zero-order valence-corrected chi connectivity index (χ0v) is 26.1. The zero-order valence-electron chi connectivity index (χ0n) is 24.5. The molecule has 0 bridgehead atoms. The second-order valence-corrected chi connectivity index (χ2v) is 13.4. The summed E-state index contributed by atoms with van der Waals surface area (Å²) in [5.74, 6) is 0.185. The minimum Gasteiger partial charge on any atom is -0.361 e. The highest BCUT2D eigenvalue weighted by atomic mass is 32.1. The summed E-state index contributed by atoms with van der Waals surface area (Å²) in [7, 11) is 0. The predicted octanol–water partition coefficient (Wildman–Crippen LogP) is 7.70. The molecule has 5 aromatic rings.